The monoisotopic (exact) mass is 308 g/mol. The summed E-state index contributed by atoms with van der Waals surface area (Å²) in [4.78, 5) is 11.7. The molecular formula is C10H20N4O3S2. The van der Waals surface area contributed by atoms with E-state index in [1.54, 1.807) is 16.8 Å². The van der Waals surface area contributed by atoms with Gasteiger partial charge in [-0.3, -0.25) is 5.43 Å². The van der Waals surface area contributed by atoms with Crippen molar-refractivity contribution in [3.63, 3.8) is 0 Å². The van der Waals surface area contributed by atoms with Gasteiger partial charge in [-0.15, -0.1) is 0 Å². The SMILES string of the molecule is O=C(NN1CCCCC1)NS(=O)(=O)N1CCSCC1. The van der Waals surface area contributed by atoms with Gasteiger partial charge in [0.25, 0.3) is 0 Å². The molecule has 0 unspecified atom stereocenters. The summed E-state index contributed by atoms with van der Waals surface area (Å²) in [5.74, 6) is 1.54. The van der Waals surface area contributed by atoms with Crippen molar-refractivity contribution in [2.24, 2.45) is 0 Å². The lowest BCUT2D eigenvalue weighted by Crippen LogP contribution is -2.54. The van der Waals surface area contributed by atoms with Gasteiger partial charge in [-0.25, -0.2) is 14.5 Å². The summed E-state index contributed by atoms with van der Waals surface area (Å²) >= 11 is 1.72. The molecule has 0 aliphatic carbocycles. The summed E-state index contributed by atoms with van der Waals surface area (Å²) in [6, 6.07) is -0.667. The molecule has 2 aliphatic heterocycles. The van der Waals surface area contributed by atoms with Crippen molar-refractivity contribution in [3.05, 3.63) is 0 Å². The Morgan fingerprint density at radius 2 is 1.63 bits per heavy atom. The number of carbonyl (C=O) groups excluding carboxylic acids is 1. The van der Waals surface area contributed by atoms with Crippen molar-refractivity contribution in [2.75, 3.05) is 37.7 Å². The molecule has 0 spiro atoms. The van der Waals surface area contributed by atoms with E-state index in [1.165, 1.54) is 4.31 Å². The number of hydrazine groups is 1. The predicted molar refractivity (Wildman–Crippen MR) is 74.9 cm³/mol. The molecule has 2 heterocycles. The van der Waals surface area contributed by atoms with Gasteiger partial charge in [-0.2, -0.15) is 24.5 Å². The van der Waals surface area contributed by atoms with Gasteiger partial charge < -0.3 is 0 Å². The lowest BCUT2D eigenvalue weighted by molar-refractivity contribution is 0.157. The van der Waals surface area contributed by atoms with Crippen LogP contribution in [0, 0.1) is 0 Å². The van der Waals surface area contributed by atoms with E-state index in [2.05, 4.69) is 10.1 Å². The van der Waals surface area contributed by atoms with Crippen LogP contribution in [0.25, 0.3) is 0 Å². The topological polar surface area (TPSA) is 81.8 Å². The van der Waals surface area contributed by atoms with Crippen LogP contribution in [0.2, 0.25) is 0 Å². The fourth-order valence-corrected chi connectivity index (χ4v) is 4.35. The fourth-order valence-electron chi connectivity index (χ4n) is 2.14. The second kappa shape index (κ2) is 6.78. The first-order chi connectivity index (χ1) is 9.08. The minimum absolute atomic E-state index is 0.455. The molecule has 110 valence electrons. The third-order valence-corrected chi connectivity index (χ3v) is 5.58. The maximum Gasteiger partial charge on any atom is 0.343 e. The molecular weight excluding hydrogens is 288 g/mol. The average Bonchev–Trinajstić information content (AvgIpc) is 2.40. The number of rotatable bonds is 3. The summed E-state index contributed by atoms with van der Waals surface area (Å²) in [6.07, 6.45) is 3.20. The zero-order valence-corrected chi connectivity index (χ0v) is 12.4. The van der Waals surface area contributed by atoms with Crippen molar-refractivity contribution in [3.8, 4) is 0 Å². The second-order valence-electron chi connectivity index (χ2n) is 4.61. The molecule has 19 heavy (non-hydrogen) atoms. The highest BCUT2D eigenvalue weighted by atomic mass is 32.2. The molecule has 0 radical (unpaired) electrons. The molecule has 0 atom stereocenters. The minimum atomic E-state index is -3.70. The van der Waals surface area contributed by atoms with E-state index in [9.17, 15) is 13.2 Å². The van der Waals surface area contributed by atoms with E-state index in [4.69, 9.17) is 0 Å². The quantitative estimate of drug-likeness (QED) is 0.766. The first-order valence-electron chi connectivity index (χ1n) is 6.49. The van der Waals surface area contributed by atoms with E-state index < -0.39 is 16.2 Å². The van der Waals surface area contributed by atoms with E-state index >= 15 is 0 Å². The van der Waals surface area contributed by atoms with Crippen LogP contribution in [-0.2, 0) is 10.2 Å². The molecule has 0 saturated carbocycles. The van der Waals surface area contributed by atoms with Gasteiger partial charge in [-0.05, 0) is 12.8 Å². The maximum atomic E-state index is 12.0. The number of thioether (sulfide) groups is 1. The molecule has 2 fully saturated rings. The summed E-state index contributed by atoms with van der Waals surface area (Å²) in [5.41, 5.74) is 2.59. The van der Waals surface area contributed by atoms with Gasteiger partial charge in [0, 0.05) is 37.7 Å². The Bertz CT molecular complexity index is 403. The van der Waals surface area contributed by atoms with E-state index in [-0.39, 0.29) is 0 Å². The molecule has 2 saturated heterocycles. The van der Waals surface area contributed by atoms with Crippen LogP contribution in [0.3, 0.4) is 0 Å². The number of nitrogens with one attached hydrogen (secondary N) is 2. The Balaban J connectivity index is 1.82. The summed E-state index contributed by atoms with van der Waals surface area (Å²) in [7, 11) is -3.70. The Hall–Kier alpha value is -0.510. The van der Waals surface area contributed by atoms with E-state index in [0.29, 0.717) is 13.1 Å². The van der Waals surface area contributed by atoms with E-state index in [0.717, 1.165) is 43.9 Å². The minimum Gasteiger partial charge on any atom is -0.270 e. The van der Waals surface area contributed by atoms with Crippen LogP contribution < -0.4 is 10.1 Å². The second-order valence-corrected chi connectivity index (χ2v) is 7.50. The van der Waals surface area contributed by atoms with Gasteiger partial charge in [-0.1, -0.05) is 6.42 Å². The standard InChI is InChI=1S/C10H20N4O3S2/c15-10(11-13-4-2-1-3-5-13)12-19(16,17)14-6-8-18-9-7-14/h1-9H2,(H2,11,12,15). The van der Waals surface area contributed by atoms with Gasteiger partial charge in [0.2, 0.25) is 0 Å². The highest BCUT2D eigenvalue weighted by Crippen LogP contribution is 2.12. The zero-order chi connectivity index (χ0) is 13.7. The van der Waals surface area contributed by atoms with Gasteiger partial charge >= 0.3 is 16.2 Å². The van der Waals surface area contributed by atoms with Crippen LogP contribution in [0.1, 0.15) is 19.3 Å². The molecule has 0 aromatic heterocycles. The number of nitrogens with zero attached hydrogens (tertiary/aromatic N) is 2. The third kappa shape index (κ3) is 4.51. The van der Waals surface area contributed by atoms with Crippen molar-refractivity contribution < 1.29 is 13.2 Å². The fraction of sp³-hybridized carbons (Fsp3) is 0.900. The number of carbonyl (C=O) groups is 1. The molecule has 2 rings (SSSR count). The molecule has 7 nitrogen and oxygen atoms in total. The summed E-state index contributed by atoms with van der Waals surface area (Å²) < 4.78 is 27.3. The molecule has 0 aromatic rings. The molecule has 2 N–H and O–H groups in total. The lowest BCUT2D eigenvalue weighted by atomic mass is 10.2. The molecule has 0 bridgehead atoms. The first-order valence-corrected chi connectivity index (χ1v) is 9.08. The maximum absolute atomic E-state index is 12.0. The largest absolute Gasteiger partial charge is 0.343 e. The van der Waals surface area contributed by atoms with Crippen LogP contribution >= 0.6 is 11.8 Å². The predicted octanol–water partition coefficient (Wildman–Crippen LogP) is -0.0199. The Kier molecular flexibility index (Phi) is 5.31. The number of piperidine rings is 1. The van der Waals surface area contributed by atoms with Crippen LogP contribution in [0.4, 0.5) is 4.79 Å². The number of hydrogen-bond donors (Lipinski definition) is 2. The molecule has 2 amide bonds. The third-order valence-electron chi connectivity index (χ3n) is 3.15. The Labute approximate surface area is 118 Å². The number of hydrogen-bond acceptors (Lipinski definition) is 5. The van der Waals surface area contributed by atoms with Crippen molar-refractivity contribution in [2.45, 2.75) is 19.3 Å². The molecule has 9 heteroatoms. The Morgan fingerprint density at radius 3 is 2.26 bits per heavy atom. The first kappa shape index (κ1) is 14.9. The lowest BCUT2D eigenvalue weighted by Gasteiger charge is -2.28. The normalized spacial score (nSPS) is 22.9. The van der Waals surface area contributed by atoms with Gasteiger partial charge in [0.05, 0.1) is 0 Å². The van der Waals surface area contributed by atoms with Crippen LogP contribution in [-0.4, -0.2) is 61.4 Å². The van der Waals surface area contributed by atoms with Crippen LogP contribution in [0.5, 0.6) is 0 Å². The average molecular weight is 308 g/mol. The molecule has 2 aliphatic rings. The van der Waals surface area contributed by atoms with Crippen LogP contribution in [0.15, 0.2) is 0 Å². The number of amides is 2. The van der Waals surface area contributed by atoms with Crippen molar-refractivity contribution in [1.82, 2.24) is 19.5 Å². The summed E-state index contributed by atoms with van der Waals surface area (Å²) in [5, 5.41) is 1.76. The Morgan fingerprint density at radius 1 is 1.00 bits per heavy atom. The summed E-state index contributed by atoms with van der Waals surface area (Å²) in [6.45, 7) is 2.45. The smallest absolute Gasteiger partial charge is 0.270 e. The van der Waals surface area contributed by atoms with E-state index in [1.807, 2.05) is 0 Å². The highest BCUT2D eigenvalue weighted by molar-refractivity contribution is 7.99. The number of urea groups is 1. The van der Waals surface area contributed by atoms with Gasteiger partial charge in [0.15, 0.2) is 0 Å². The highest BCUT2D eigenvalue weighted by Gasteiger charge is 2.26. The zero-order valence-electron chi connectivity index (χ0n) is 10.8. The van der Waals surface area contributed by atoms with Crippen molar-refractivity contribution >= 4 is 28.0 Å². The molecule has 0 aromatic carbocycles. The van der Waals surface area contributed by atoms with Crippen molar-refractivity contribution in [1.29, 1.82) is 0 Å². The van der Waals surface area contributed by atoms with Gasteiger partial charge in [0.1, 0.15) is 0 Å².